The number of anilines is 1. The molecule has 14 heteroatoms. The van der Waals surface area contributed by atoms with Crippen molar-refractivity contribution < 1.29 is 32.5 Å². The van der Waals surface area contributed by atoms with Gasteiger partial charge in [0.25, 0.3) is 5.69 Å². The molecule has 0 unspecified atom stereocenters. The first-order chi connectivity index (χ1) is 13.0. The molecule has 11 nitrogen and oxygen atoms in total. The third-order valence-corrected chi connectivity index (χ3v) is 3.60. The monoisotopic (exact) mass is 403 g/mol. The van der Waals surface area contributed by atoms with Crippen molar-refractivity contribution in [1.82, 2.24) is 9.78 Å². The minimum atomic E-state index is -5.09. The SMILES string of the molecule is COc1ccc(NC(=O)Cn2nc(C(F)(F)F)c([N+](=O)[O-])c2C)c([N+](=O)[O-])c1. The van der Waals surface area contributed by atoms with Gasteiger partial charge in [0, 0.05) is 0 Å². The lowest BCUT2D eigenvalue weighted by Gasteiger charge is -2.08. The molecule has 1 heterocycles. The van der Waals surface area contributed by atoms with Gasteiger partial charge in [-0.3, -0.25) is 29.7 Å². The van der Waals surface area contributed by atoms with Gasteiger partial charge < -0.3 is 10.1 Å². The number of hydrogen-bond acceptors (Lipinski definition) is 7. The van der Waals surface area contributed by atoms with E-state index in [1.165, 1.54) is 19.2 Å². The van der Waals surface area contributed by atoms with E-state index in [1.807, 2.05) is 0 Å². The maximum absolute atomic E-state index is 12.9. The molecule has 1 aromatic carbocycles. The number of ether oxygens (including phenoxy) is 1. The number of nitro groups is 2. The average molecular weight is 403 g/mol. The van der Waals surface area contributed by atoms with Gasteiger partial charge in [-0.05, 0) is 19.1 Å². The summed E-state index contributed by atoms with van der Waals surface area (Å²) < 4.78 is 44.1. The van der Waals surface area contributed by atoms with Crippen LogP contribution >= 0.6 is 0 Å². The second-order valence-corrected chi connectivity index (χ2v) is 5.38. The van der Waals surface area contributed by atoms with Crippen LogP contribution in [0.1, 0.15) is 11.4 Å². The highest BCUT2D eigenvalue weighted by atomic mass is 19.4. The van der Waals surface area contributed by atoms with E-state index < -0.39 is 51.2 Å². The molecule has 150 valence electrons. The van der Waals surface area contributed by atoms with Crippen molar-refractivity contribution in [3.05, 3.63) is 49.8 Å². The van der Waals surface area contributed by atoms with Gasteiger partial charge in [-0.2, -0.15) is 18.3 Å². The van der Waals surface area contributed by atoms with Crippen LogP contribution in [0.3, 0.4) is 0 Å². The summed E-state index contributed by atoms with van der Waals surface area (Å²) in [6.45, 7) is 0.176. The third kappa shape index (κ3) is 4.16. The van der Waals surface area contributed by atoms with Gasteiger partial charge in [0.1, 0.15) is 23.7 Å². The van der Waals surface area contributed by atoms with Gasteiger partial charge in [0.2, 0.25) is 11.6 Å². The number of aromatic nitrogens is 2. The molecule has 0 aliphatic rings. The highest BCUT2D eigenvalue weighted by Crippen LogP contribution is 2.37. The predicted octanol–water partition coefficient (Wildman–Crippen LogP) is 2.67. The van der Waals surface area contributed by atoms with Gasteiger partial charge in [0.15, 0.2) is 0 Å². The number of halogens is 3. The first-order valence-electron chi connectivity index (χ1n) is 7.37. The number of nitrogens with zero attached hydrogens (tertiary/aromatic N) is 4. The number of amides is 1. The largest absolute Gasteiger partial charge is 0.496 e. The minimum Gasteiger partial charge on any atom is -0.496 e. The molecule has 1 N–H and O–H groups in total. The molecule has 2 rings (SSSR count). The lowest BCUT2D eigenvalue weighted by Crippen LogP contribution is -2.21. The van der Waals surface area contributed by atoms with Gasteiger partial charge in [-0.1, -0.05) is 0 Å². The van der Waals surface area contributed by atoms with Gasteiger partial charge in [0.05, 0.1) is 23.0 Å². The van der Waals surface area contributed by atoms with Crippen LogP contribution in [-0.2, 0) is 17.5 Å². The molecule has 0 atom stereocenters. The van der Waals surface area contributed by atoms with E-state index in [4.69, 9.17) is 4.74 Å². The highest BCUT2D eigenvalue weighted by molar-refractivity contribution is 5.93. The molecule has 0 fully saturated rings. The molecule has 0 spiro atoms. The van der Waals surface area contributed by atoms with Gasteiger partial charge >= 0.3 is 11.9 Å². The van der Waals surface area contributed by atoms with Crippen LogP contribution in [0, 0.1) is 27.2 Å². The Morgan fingerprint density at radius 1 is 1.29 bits per heavy atom. The summed E-state index contributed by atoms with van der Waals surface area (Å²) in [6, 6.07) is 3.55. The van der Waals surface area contributed by atoms with E-state index in [0.29, 0.717) is 4.68 Å². The quantitative estimate of drug-likeness (QED) is 0.577. The smallest absolute Gasteiger partial charge is 0.442 e. The van der Waals surface area contributed by atoms with Crippen LogP contribution in [0.15, 0.2) is 18.2 Å². The summed E-state index contributed by atoms with van der Waals surface area (Å²) in [5.41, 5.74) is -4.23. The molecule has 2 aromatic rings. The molecule has 0 aliphatic carbocycles. The molecule has 0 saturated carbocycles. The van der Waals surface area contributed by atoms with E-state index >= 15 is 0 Å². The summed E-state index contributed by atoms with van der Waals surface area (Å²) in [5.74, 6) is -0.819. The zero-order valence-corrected chi connectivity index (χ0v) is 14.3. The van der Waals surface area contributed by atoms with Crippen LogP contribution in [0.5, 0.6) is 5.75 Å². The fourth-order valence-electron chi connectivity index (χ4n) is 2.32. The van der Waals surface area contributed by atoms with E-state index in [0.717, 1.165) is 13.0 Å². The number of rotatable bonds is 6. The molecule has 0 bridgehead atoms. The number of nitro benzene ring substituents is 1. The summed E-state index contributed by atoms with van der Waals surface area (Å²) in [5, 5.41) is 27.3. The van der Waals surface area contributed by atoms with Crippen molar-refractivity contribution in [3.8, 4) is 5.75 Å². The topological polar surface area (TPSA) is 142 Å². The molecule has 0 saturated heterocycles. The van der Waals surface area contributed by atoms with Crippen LogP contribution in [0.4, 0.5) is 30.2 Å². The van der Waals surface area contributed by atoms with Crippen LogP contribution in [0.25, 0.3) is 0 Å². The first-order valence-corrected chi connectivity index (χ1v) is 7.37. The summed E-state index contributed by atoms with van der Waals surface area (Å²) in [4.78, 5) is 32.1. The van der Waals surface area contributed by atoms with Crippen molar-refractivity contribution in [2.24, 2.45) is 0 Å². The Balaban J connectivity index is 2.32. The van der Waals surface area contributed by atoms with E-state index in [-0.39, 0.29) is 11.4 Å². The number of methoxy groups -OCH3 is 1. The van der Waals surface area contributed by atoms with Crippen molar-refractivity contribution >= 4 is 23.0 Å². The summed E-state index contributed by atoms with van der Waals surface area (Å²) >= 11 is 0. The van der Waals surface area contributed by atoms with E-state index in [9.17, 15) is 38.2 Å². The van der Waals surface area contributed by atoms with Gasteiger partial charge in [-0.15, -0.1) is 0 Å². The molecule has 28 heavy (non-hydrogen) atoms. The van der Waals surface area contributed by atoms with Crippen LogP contribution in [-0.4, -0.2) is 32.6 Å². The van der Waals surface area contributed by atoms with Crippen LogP contribution in [0.2, 0.25) is 0 Å². The molecular formula is C14H12F3N5O6. The maximum Gasteiger partial charge on any atom is 0.442 e. The van der Waals surface area contributed by atoms with Crippen molar-refractivity contribution in [1.29, 1.82) is 0 Å². The minimum absolute atomic E-state index is 0.151. The maximum atomic E-state index is 12.9. The number of carbonyl (C=O) groups excluding carboxylic acids is 1. The lowest BCUT2D eigenvalue weighted by atomic mass is 10.2. The molecule has 1 amide bonds. The fraction of sp³-hybridized carbons (Fsp3) is 0.286. The Bertz CT molecular complexity index is 956. The Morgan fingerprint density at radius 3 is 2.39 bits per heavy atom. The number of hydrogen-bond donors (Lipinski definition) is 1. The average Bonchev–Trinajstić information content (AvgIpc) is 2.92. The standard InChI is InChI=1S/C14H12F3N5O6/c1-7-12(22(26)27)13(14(15,16)17)19-20(7)6-11(23)18-9-4-3-8(28-2)5-10(9)21(24)25/h3-5H,6H2,1-2H3,(H,18,23). The van der Waals surface area contributed by atoms with Crippen molar-refractivity contribution in [2.45, 2.75) is 19.6 Å². The highest BCUT2D eigenvalue weighted by Gasteiger charge is 2.44. The predicted molar refractivity (Wildman–Crippen MR) is 86.9 cm³/mol. The van der Waals surface area contributed by atoms with E-state index in [1.54, 1.807) is 0 Å². The third-order valence-electron chi connectivity index (χ3n) is 3.60. The second-order valence-electron chi connectivity index (χ2n) is 5.38. The van der Waals surface area contributed by atoms with Crippen LogP contribution < -0.4 is 10.1 Å². The number of carbonyl (C=O) groups is 1. The Labute approximate surface area is 154 Å². The number of benzene rings is 1. The molecule has 0 radical (unpaired) electrons. The molecule has 1 aromatic heterocycles. The van der Waals surface area contributed by atoms with E-state index in [2.05, 4.69) is 10.4 Å². The zero-order valence-electron chi connectivity index (χ0n) is 14.3. The second kappa shape index (κ2) is 7.50. The first kappa shape index (κ1) is 20.6. The lowest BCUT2D eigenvalue weighted by molar-refractivity contribution is -0.388. The van der Waals surface area contributed by atoms with Gasteiger partial charge in [-0.25, -0.2) is 0 Å². The van der Waals surface area contributed by atoms with Crippen molar-refractivity contribution in [3.63, 3.8) is 0 Å². The Kier molecular flexibility index (Phi) is 5.51. The Hall–Kier alpha value is -3.71. The molecule has 0 aliphatic heterocycles. The summed E-state index contributed by atoms with van der Waals surface area (Å²) in [6.07, 6.45) is -5.09. The fourth-order valence-corrected chi connectivity index (χ4v) is 2.32. The zero-order chi connectivity index (χ0) is 21.2. The van der Waals surface area contributed by atoms with Crippen molar-refractivity contribution in [2.75, 3.05) is 12.4 Å². The normalized spacial score (nSPS) is 11.2. The number of nitrogens with one attached hydrogen (secondary N) is 1. The number of alkyl halides is 3. The summed E-state index contributed by atoms with van der Waals surface area (Å²) in [7, 11) is 1.28. The Morgan fingerprint density at radius 2 is 1.93 bits per heavy atom. The molecular weight excluding hydrogens is 391 g/mol.